The van der Waals surface area contributed by atoms with Crippen molar-refractivity contribution in [2.75, 3.05) is 11.9 Å². The number of hydrogen-bond donors (Lipinski definition) is 1. The summed E-state index contributed by atoms with van der Waals surface area (Å²) in [6, 6.07) is 6.28. The summed E-state index contributed by atoms with van der Waals surface area (Å²) in [7, 11) is 0. The zero-order valence-electron chi connectivity index (χ0n) is 10.2. The largest absolute Gasteiger partial charge is 0.369 e. The van der Waals surface area contributed by atoms with E-state index in [4.69, 9.17) is 5.10 Å². The van der Waals surface area contributed by atoms with Gasteiger partial charge in [-0.1, -0.05) is 13.0 Å². The third-order valence-corrected chi connectivity index (χ3v) is 4.12. The van der Waals surface area contributed by atoms with E-state index in [1.54, 1.807) is 0 Å². The van der Waals surface area contributed by atoms with Crippen molar-refractivity contribution >= 4 is 21.7 Å². The van der Waals surface area contributed by atoms with Crippen molar-refractivity contribution in [3.05, 3.63) is 40.3 Å². The molecule has 0 fully saturated rings. The Labute approximate surface area is 115 Å². The summed E-state index contributed by atoms with van der Waals surface area (Å²) in [5.41, 5.74) is 2.18. The number of nitrogens with one attached hydrogen (secondary N) is 1. The van der Waals surface area contributed by atoms with Gasteiger partial charge in [0, 0.05) is 12.7 Å². The first kappa shape index (κ1) is 11.7. The summed E-state index contributed by atoms with van der Waals surface area (Å²) in [6.45, 7) is 3.07. The SMILES string of the molecule is CCc1nn2c(c1Br)NCCC2c1ccccn1. The van der Waals surface area contributed by atoms with Crippen molar-refractivity contribution in [2.24, 2.45) is 0 Å². The third kappa shape index (κ3) is 1.82. The third-order valence-electron chi connectivity index (χ3n) is 3.29. The van der Waals surface area contributed by atoms with Crippen LogP contribution in [0.5, 0.6) is 0 Å². The standard InChI is InChI=1S/C13H15BrN4/c1-2-9-12(14)13-16-8-6-11(18(13)17-9)10-5-3-4-7-15-10/h3-5,7,11,16H,2,6,8H2,1H3. The molecule has 1 N–H and O–H groups in total. The number of pyridine rings is 1. The lowest BCUT2D eigenvalue weighted by Gasteiger charge is -2.25. The Morgan fingerprint density at radius 2 is 2.39 bits per heavy atom. The van der Waals surface area contributed by atoms with Crippen LogP contribution < -0.4 is 5.32 Å². The zero-order chi connectivity index (χ0) is 12.5. The molecule has 94 valence electrons. The van der Waals surface area contributed by atoms with Gasteiger partial charge >= 0.3 is 0 Å². The van der Waals surface area contributed by atoms with Crippen LogP contribution in [0.3, 0.4) is 0 Å². The number of halogens is 1. The van der Waals surface area contributed by atoms with Crippen molar-refractivity contribution in [3.8, 4) is 0 Å². The molecule has 0 aromatic carbocycles. The summed E-state index contributed by atoms with van der Waals surface area (Å²) in [6.07, 6.45) is 3.79. The Morgan fingerprint density at radius 3 is 3.11 bits per heavy atom. The van der Waals surface area contributed by atoms with Crippen molar-refractivity contribution in [1.29, 1.82) is 0 Å². The molecule has 2 aromatic heterocycles. The number of anilines is 1. The van der Waals surface area contributed by atoms with E-state index >= 15 is 0 Å². The molecule has 4 nitrogen and oxygen atoms in total. The fourth-order valence-corrected chi connectivity index (χ4v) is 3.05. The summed E-state index contributed by atoms with van der Waals surface area (Å²) in [4.78, 5) is 4.46. The molecule has 1 aliphatic heterocycles. The lowest BCUT2D eigenvalue weighted by atomic mass is 10.1. The number of hydrogen-bond acceptors (Lipinski definition) is 3. The fraction of sp³-hybridized carbons (Fsp3) is 0.385. The van der Waals surface area contributed by atoms with Crippen LogP contribution in [0.1, 0.15) is 30.8 Å². The van der Waals surface area contributed by atoms with Gasteiger partial charge in [0.15, 0.2) is 0 Å². The van der Waals surface area contributed by atoms with Gasteiger partial charge in [-0.3, -0.25) is 4.98 Å². The van der Waals surface area contributed by atoms with E-state index in [1.165, 1.54) is 0 Å². The average molecular weight is 307 g/mol. The van der Waals surface area contributed by atoms with Crippen LogP contribution in [0, 0.1) is 0 Å². The molecule has 1 atom stereocenters. The highest BCUT2D eigenvalue weighted by atomic mass is 79.9. The molecule has 5 heteroatoms. The highest BCUT2D eigenvalue weighted by Crippen LogP contribution is 2.35. The Balaban J connectivity index is 2.07. The smallest absolute Gasteiger partial charge is 0.139 e. The molecule has 3 rings (SSSR count). The lowest BCUT2D eigenvalue weighted by molar-refractivity contribution is 0.468. The minimum Gasteiger partial charge on any atom is -0.369 e. The molecule has 1 unspecified atom stereocenters. The van der Waals surface area contributed by atoms with Crippen LogP contribution in [0.2, 0.25) is 0 Å². The second kappa shape index (κ2) is 4.72. The predicted octanol–water partition coefficient (Wildman–Crippen LogP) is 3.01. The molecule has 0 spiro atoms. The van der Waals surface area contributed by atoms with E-state index in [0.717, 1.165) is 41.1 Å². The molecule has 2 aromatic rings. The number of nitrogens with zero attached hydrogens (tertiary/aromatic N) is 3. The fourth-order valence-electron chi connectivity index (χ4n) is 2.37. The van der Waals surface area contributed by atoms with Gasteiger partial charge in [-0.2, -0.15) is 5.10 Å². The summed E-state index contributed by atoms with van der Waals surface area (Å²) >= 11 is 3.63. The van der Waals surface area contributed by atoms with Gasteiger partial charge in [-0.15, -0.1) is 0 Å². The quantitative estimate of drug-likeness (QED) is 0.927. The molecule has 0 radical (unpaired) electrons. The van der Waals surface area contributed by atoms with Gasteiger partial charge in [-0.25, -0.2) is 4.68 Å². The van der Waals surface area contributed by atoms with E-state index < -0.39 is 0 Å². The van der Waals surface area contributed by atoms with Gasteiger partial charge in [0.25, 0.3) is 0 Å². The van der Waals surface area contributed by atoms with Crippen molar-refractivity contribution in [2.45, 2.75) is 25.8 Å². The van der Waals surface area contributed by atoms with E-state index in [1.807, 2.05) is 18.3 Å². The maximum atomic E-state index is 4.69. The van der Waals surface area contributed by atoms with Crippen LogP contribution in [0.4, 0.5) is 5.82 Å². The first-order chi connectivity index (χ1) is 8.81. The van der Waals surface area contributed by atoms with E-state index in [2.05, 4.69) is 43.9 Å². The molecule has 18 heavy (non-hydrogen) atoms. The maximum Gasteiger partial charge on any atom is 0.139 e. The minimum atomic E-state index is 0.235. The van der Waals surface area contributed by atoms with Gasteiger partial charge in [0.2, 0.25) is 0 Å². The van der Waals surface area contributed by atoms with Crippen LogP contribution in [-0.4, -0.2) is 21.3 Å². The number of aromatic nitrogens is 3. The van der Waals surface area contributed by atoms with Crippen molar-refractivity contribution in [1.82, 2.24) is 14.8 Å². The zero-order valence-corrected chi connectivity index (χ0v) is 11.8. The predicted molar refractivity (Wildman–Crippen MR) is 74.8 cm³/mol. The number of aryl methyl sites for hydroxylation is 1. The Hall–Kier alpha value is -1.36. The minimum absolute atomic E-state index is 0.235. The van der Waals surface area contributed by atoms with E-state index in [-0.39, 0.29) is 6.04 Å². The first-order valence-electron chi connectivity index (χ1n) is 6.23. The van der Waals surface area contributed by atoms with Crippen LogP contribution >= 0.6 is 15.9 Å². The monoisotopic (exact) mass is 306 g/mol. The van der Waals surface area contributed by atoms with Gasteiger partial charge in [-0.05, 0) is 40.9 Å². The second-order valence-corrected chi connectivity index (χ2v) is 5.19. The Kier molecular flexibility index (Phi) is 3.07. The van der Waals surface area contributed by atoms with Crippen LogP contribution in [0.25, 0.3) is 0 Å². The van der Waals surface area contributed by atoms with Gasteiger partial charge in [0.1, 0.15) is 5.82 Å². The second-order valence-electron chi connectivity index (χ2n) is 4.39. The molecule has 0 saturated heterocycles. The Morgan fingerprint density at radius 1 is 1.50 bits per heavy atom. The first-order valence-corrected chi connectivity index (χ1v) is 7.02. The average Bonchev–Trinajstić information content (AvgIpc) is 2.77. The summed E-state index contributed by atoms with van der Waals surface area (Å²) in [5.74, 6) is 1.08. The lowest BCUT2D eigenvalue weighted by Crippen LogP contribution is -2.25. The maximum absolute atomic E-state index is 4.69. The van der Waals surface area contributed by atoms with E-state index in [0.29, 0.717) is 0 Å². The molecule has 1 aliphatic rings. The highest BCUT2D eigenvalue weighted by Gasteiger charge is 2.26. The van der Waals surface area contributed by atoms with Gasteiger partial charge in [0.05, 0.1) is 21.9 Å². The molecule has 3 heterocycles. The molecule has 0 aliphatic carbocycles. The molecular formula is C13H15BrN4. The van der Waals surface area contributed by atoms with Crippen molar-refractivity contribution in [3.63, 3.8) is 0 Å². The highest BCUT2D eigenvalue weighted by molar-refractivity contribution is 9.10. The number of fused-ring (bicyclic) bond motifs is 1. The summed E-state index contributed by atoms with van der Waals surface area (Å²) in [5, 5.41) is 8.11. The Bertz CT molecular complexity index is 550. The molecule has 0 amide bonds. The van der Waals surface area contributed by atoms with Crippen LogP contribution in [0.15, 0.2) is 28.9 Å². The molecular weight excluding hydrogens is 292 g/mol. The topological polar surface area (TPSA) is 42.7 Å². The van der Waals surface area contributed by atoms with Crippen molar-refractivity contribution < 1.29 is 0 Å². The normalized spacial score (nSPS) is 18.2. The van der Waals surface area contributed by atoms with E-state index in [9.17, 15) is 0 Å². The molecule has 0 bridgehead atoms. The van der Waals surface area contributed by atoms with Gasteiger partial charge < -0.3 is 5.32 Å². The summed E-state index contributed by atoms with van der Waals surface area (Å²) < 4.78 is 3.15. The molecule has 0 saturated carbocycles. The number of rotatable bonds is 2. The van der Waals surface area contributed by atoms with Crippen LogP contribution in [-0.2, 0) is 6.42 Å².